The molecule has 0 spiro atoms. The first-order valence-electron chi connectivity index (χ1n) is 7.95. The molecule has 0 saturated heterocycles. The Bertz CT molecular complexity index is 932. The Hall–Kier alpha value is -2.01. The third-order valence-corrected chi connectivity index (χ3v) is 5.37. The van der Waals surface area contributed by atoms with Crippen molar-refractivity contribution in [2.24, 2.45) is 0 Å². The summed E-state index contributed by atoms with van der Waals surface area (Å²) in [4.78, 5) is 13.0. The lowest BCUT2D eigenvalue weighted by Crippen LogP contribution is -2.10. The first-order valence-corrected chi connectivity index (χ1v) is 9.59. The molecule has 0 aliphatic heterocycles. The number of anilines is 1. The van der Waals surface area contributed by atoms with Crippen molar-refractivity contribution in [3.63, 3.8) is 0 Å². The van der Waals surface area contributed by atoms with Gasteiger partial charge in [0.2, 0.25) is 0 Å². The van der Waals surface area contributed by atoms with Crippen LogP contribution >= 0.6 is 34.5 Å². The van der Waals surface area contributed by atoms with Gasteiger partial charge in [-0.3, -0.25) is 4.79 Å². The maximum absolute atomic E-state index is 12.4. The van der Waals surface area contributed by atoms with Gasteiger partial charge in [0.25, 0.3) is 5.91 Å². The Labute approximate surface area is 166 Å². The van der Waals surface area contributed by atoms with Crippen molar-refractivity contribution < 1.29 is 9.53 Å². The summed E-state index contributed by atoms with van der Waals surface area (Å²) in [5, 5.41) is 5.59. The van der Waals surface area contributed by atoms with Crippen LogP contribution in [0.5, 0.6) is 5.75 Å². The average Bonchev–Trinajstić information content (AvgIpc) is 3.05. The van der Waals surface area contributed by atoms with E-state index in [2.05, 4.69) is 11.4 Å². The van der Waals surface area contributed by atoms with Gasteiger partial charge in [-0.25, -0.2) is 0 Å². The molecule has 2 aromatic carbocycles. The van der Waals surface area contributed by atoms with Gasteiger partial charge in [0.05, 0.1) is 14.9 Å². The summed E-state index contributed by atoms with van der Waals surface area (Å²) in [6.07, 6.45) is 0. The van der Waals surface area contributed by atoms with E-state index in [-0.39, 0.29) is 5.91 Å². The fourth-order valence-corrected chi connectivity index (χ4v) is 3.61. The van der Waals surface area contributed by atoms with E-state index in [4.69, 9.17) is 27.9 Å². The van der Waals surface area contributed by atoms with Crippen molar-refractivity contribution in [3.05, 3.63) is 79.5 Å². The monoisotopic (exact) mass is 405 g/mol. The molecule has 6 heteroatoms. The van der Waals surface area contributed by atoms with Crippen LogP contribution in [0.4, 0.5) is 5.69 Å². The zero-order chi connectivity index (χ0) is 18.7. The summed E-state index contributed by atoms with van der Waals surface area (Å²) >= 11 is 13.2. The van der Waals surface area contributed by atoms with Crippen LogP contribution in [0.3, 0.4) is 0 Å². The zero-order valence-corrected chi connectivity index (χ0v) is 16.6. The van der Waals surface area contributed by atoms with E-state index in [1.165, 1.54) is 11.3 Å². The van der Waals surface area contributed by atoms with Crippen molar-refractivity contribution in [2.75, 3.05) is 5.32 Å². The Kier molecular flexibility index (Phi) is 5.87. The molecule has 0 saturated carbocycles. The second-order valence-electron chi connectivity index (χ2n) is 6.01. The second-order valence-corrected chi connectivity index (χ2v) is 7.74. The summed E-state index contributed by atoms with van der Waals surface area (Å²) in [6, 6.07) is 12.9. The molecule has 3 rings (SSSR count). The van der Waals surface area contributed by atoms with E-state index in [1.807, 2.05) is 37.4 Å². The van der Waals surface area contributed by atoms with Crippen LogP contribution in [-0.4, -0.2) is 5.91 Å². The minimum atomic E-state index is -0.189. The van der Waals surface area contributed by atoms with Gasteiger partial charge in [0.15, 0.2) is 0 Å². The number of hydrogen-bond acceptors (Lipinski definition) is 3. The fraction of sp³-hybridized carbons (Fsp3) is 0.150. The molecular weight excluding hydrogens is 389 g/mol. The molecule has 134 valence electrons. The number of thiophene rings is 1. The molecule has 26 heavy (non-hydrogen) atoms. The number of aryl methyl sites for hydroxylation is 2. The van der Waals surface area contributed by atoms with Crippen LogP contribution in [0.1, 0.15) is 26.4 Å². The number of halogens is 2. The lowest BCUT2D eigenvalue weighted by Gasteiger charge is -2.07. The third-order valence-electron chi connectivity index (χ3n) is 3.66. The Balaban J connectivity index is 1.63. The average molecular weight is 406 g/mol. The van der Waals surface area contributed by atoms with E-state index in [9.17, 15) is 4.79 Å². The maximum atomic E-state index is 12.4. The highest BCUT2D eigenvalue weighted by Crippen LogP contribution is 2.26. The van der Waals surface area contributed by atoms with Crippen molar-refractivity contribution in [3.8, 4) is 5.75 Å². The number of nitrogens with one attached hydrogen (secondary N) is 1. The molecule has 0 aliphatic rings. The van der Waals surface area contributed by atoms with Crippen LogP contribution in [-0.2, 0) is 6.61 Å². The van der Waals surface area contributed by atoms with Crippen LogP contribution in [0.15, 0.2) is 47.8 Å². The van der Waals surface area contributed by atoms with Crippen LogP contribution in [0.25, 0.3) is 0 Å². The molecule has 3 aromatic rings. The molecule has 0 atom stereocenters. The quantitative estimate of drug-likeness (QED) is 0.525. The Morgan fingerprint density at radius 1 is 1.04 bits per heavy atom. The topological polar surface area (TPSA) is 38.3 Å². The highest BCUT2D eigenvalue weighted by Gasteiger charge is 2.11. The fourth-order valence-electron chi connectivity index (χ4n) is 2.52. The minimum absolute atomic E-state index is 0.189. The van der Waals surface area contributed by atoms with Gasteiger partial charge >= 0.3 is 0 Å². The third kappa shape index (κ3) is 4.79. The Morgan fingerprint density at radius 3 is 2.46 bits per heavy atom. The van der Waals surface area contributed by atoms with Gasteiger partial charge in [0.1, 0.15) is 12.4 Å². The van der Waals surface area contributed by atoms with E-state index in [0.29, 0.717) is 27.2 Å². The number of carbonyl (C=O) groups is 1. The smallest absolute Gasteiger partial charge is 0.265 e. The highest BCUT2D eigenvalue weighted by atomic mass is 35.5. The van der Waals surface area contributed by atoms with Gasteiger partial charge in [-0.2, -0.15) is 0 Å². The number of amides is 1. The van der Waals surface area contributed by atoms with E-state index in [1.54, 1.807) is 18.2 Å². The number of hydrogen-bond donors (Lipinski definition) is 1. The van der Waals surface area contributed by atoms with Crippen molar-refractivity contribution >= 4 is 46.1 Å². The van der Waals surface area contributed by atoms with Crippen molar-refractivity contribution in [1.82, 2.24) is 0 Å². The Morgan fingerprint density at radius 2 is 1.77 bits per heavy atom. The number of carbonyl (C=O) groups excluding carboxylic acids is 1. The molecule has 0 aliphatic carbocycles. The maximum Gasteiger partial charge on any atom is 0.265 e. The predicted molar refractivity (Wildman–Crippen MR) is 109 cm³/mol. The molecule has 3 nitrogen and oxygen atoms in total. The summed E-state index contributed by atoms with van der Waals surface area (Å²) in [7, 11) is 0. The summed E-state index contributed by atoms with van der Waals surface area (Å²) < 4.78 is 5.84. The largest absolute Gasteiger partial charge is 0.489 e. The SMILES string of the molecule is Cc1cc(C)cc(OCc2csc(C(=O)Nc3ccc(Cl)c(Cl)c3)c2)c1. The molecule has 1 amide bonds. The molecule has 1 heterocycles. The van der Waals surface area contributed by atoms with Gasteiger partial charge in [0, 0.05) is 11.3 Å². The van der Waals surface area contributed by atoms with Crippen molar-refractivity contribution in [2.45, 2.75) is 20.5 Å². The first kappa shape index (κ1) is 18.8. The number of rotatable bonds is 5. The lowest BCUT2D eigenvalue weighted by atomic mass is 10.1. The molecule has 0 fully saturated rings. The predicted octanol–water partition coefficient (Wildman–Crippen LogP) is 6.50. The van der Waals surface area contributed by atoms with Crippen LogP contribution < -0.4 is 10.1 Å². The van der Waals surface area contributed by atoms with Crippen molar-refractivity contribution in [1.29, 1.82) is 0 Å². The van der Waals surface area contributed by atoms with E-state index >= 15 is 0 Å². The normalized spacial score (nSPS) is 10.6. The number of ether oxygens (including phenoxy) is 1. The molecule has 1 aromatic heterocycles. The lowest BCUT2D eigenvalue weighted by molar-refractivity contribution is 0.103. The molecular formula is C20H17Cl2NO2S. The summed E-state index contributed by atoms with van der Waals surface area (Å²) in [5.41, 5.74) is 3.87. The summed E-state index contributed by atoms with van der Waals surface area (Å²) in [5.74, 6) is 0.640. The second kappa shape index (κ2) is 8.12. The van der Waals surface area contributed by atoms with Gasteiger partial charge in [-0.15, -0.1) is 11.3 Å². The van der Waals surface area contributed by atoms with Crippen LogP contribution in [0, 0.1) is 13.8 Å². The molecule has 0 bridgehead atoms. The molecule has 1 N–H and O–H groups in total. The first-order chi connectivity index (χ1) is 12.4. The van der Waals surface area contributed by atoms with Crippen LogP contribution in [0.2, 0.25) is 10.0 Å². The summed E-state index contributed by atoms with van der Waals surface area (Å²) in [6.45, 7) is 4.49. The zero-order valence-electron chi connectivity index (χ0n) is 14.3. The van der Waals surface area contributed by atoms with E-state index in [0.717, 1.165) is 22.4 Å². The van der Waals surface area contributed by atoms with Gasteiger partial charge in [-0.1, -0.05) is 29.3 Å². The standard InChI is InChI=1S/C20H17Cl2NO2S/c1-12-5-13(2)7-16(6-12)25-10-14-8-19(26-11-14)20(24)23-15-3-4-17(21)18(22)9-15/h3-9,11H,10H2,1-2H3,(H,23,24). The molecule has 0 unspecified atom stereocenters. The van der Waals surface area contributed by atoms with Gasteiger partial charge in [-0.05, 0) is 66.8 Å². The van der Waals surface area contributed by atoms with Gasteiger partial charge < -0.3 is 10.1 Å². The highest BCUT2D eigenvalue weighted by molar-refractivity contribution is 7.12. The minimum Gasteiger partial charge on any atom is -0.489 e. The molecule has 0 radical (unpaired) electrons. The van der Waals surface area contributed by atoms with E-state index < -0.39 is 0 Å². The number of benzene rings is 2.